The lowest BCUT2D eigenvalue weighted by atomic mass is 9.89. The van der Waals surface area contributed by atoms with E-state index in [9.17, 15) is 4.79 Å². The molecule has 0 radical (unpaired) electrons. The highest BCUT2D eigenvalue weighted by Crippen LogP contribution is 2.39. The van der Waals surface area contributed by atoms with Crippen LogP contribution in [0.1, 0.15) is 28.9 Å². The summed E-state index contributed by atoms with van der Waals surface area (Å²) in [5.74, 6) is 1.58. The predicted molar refractivity (Wildman–Crippen MR) is 82.3 cm³/mol. The summed E-state index contributed by atoms with van der Waals surface area (Å²) in [6.07, 6.45) is 3.00. The molecule has 2 aliphatic heterocycles. The first-order chi connectivity index (χ1) is 10.7. The van der Waals surface area contributed by atoms with Crippen molar-refractivity contribution in [2.75, 3.05) is 18.0 Å². The molecule has 0 bridgehead atoms. The second-order valence-electron chi connectivity index (χ2n) is 6.05. The number of Topliss-reactive ketones (excluding diaryl/α,β-unsaturated/α-hetero) is 1. The first-order valence-electron chi connectivity index (χ1n) is 7.51. The Morgan fingerprint density at radius 2 is 2.14 bits per heavy atom. The average molecular weight is 295 g/mol. The van der Waals surface area contributed by atoms with E-state index in [2.05, 4.69) is 14.9 Å². The summed E-state index contributed by atoms with van der Waals surface area (Å²) < 4.78 is 6.21. The molecule has 2 aliphatic rings. The summed E-state index contributed by atoms with van der Waals surface area (Å²) in [4.78, 5) is 23.3. The SMILES string of the molecule is Cc1ccnc(N2CCC3(CC(=O)c4ccccc4O3)C2)n1. The number of benzene rings is 1. The number of aryl methyl sites for hydroxylation is 1. The van der Waals surface area contributed by atoms with Gasteiger partial charge in [-0.05, 0) is 25.1 Å². The smallest absolute Gasteiger partial charge is 0.225 e. The molecule has 1 fully saturated rings. The second-order valence-corrected chi connectivity index (χ2v) is 6.05. The van der Waals surface area contributed by atoms with E-state index in [0.29, 0.717) is 30.2 Å². The minimum absolute atomic E-state index is 0.161. The molecule has 1 atom stereocenters. The van der Waals surface area contributed by atoms with Gasteiger partial charge >= 0.3 is 0 Å². The number of hydrogen-bond acceptors (Lipinski definition) is 5. The molecule has 1 aromatic carbocycles. The molecule has 22 heavy (non-hydrogen) atoms. The van der Waals surface area contributed by atoms with Crippen LogP contribution in [0.25, 0.3) is 0 Å². The van der Waals surface area contributed by atoms with E-state index in [1.165, 1.54) is 0 Å². The van der Waals surface area contributed by atoms with Gasteiger partial charge in [0.05, 0.1) is 18.5 Å². The topological polar surface area (TPSA) is 55.3 Å². The number of ketones is 1. The zero-order valence-corrected chi connectivity index (χ0v) is 12.5. The molecule has 1 unspecified atom stereocenters. The standard InChI is InChI=1S/C17H17N3O2/c1-12-6-8-18-16(19-12)20-9-7-17(11-20)10-14(21)13-4-2-3-5-15(13)22-17/h2-6,8H,7,9-11H2,1H3. The normalized spacial score (nSPS) is 23.5. The lowest BCUT2D eigenvalue weighted by Crippen LogP contribution is -2.44. The van der Waals surface area contributed by atoms with Gasteiger partial charge in [0.2, 0.25) is 5.95 Å². The fourth-order valence-corrected chi connectivity index (χ4v) is 3.27. The Bertz CT molecular complexity index is 746. The largest absolute Gasteiger partial charge is 0.484 e. The molecule has 1 spiro atoms. The zero-order chi connectivity index (χ0) is 15.2. The first kappa shape index (κ1) is 13.2. The monoisotopic (exact) mass is 295 g/mol. The van der Waals surface area contributed by atoms with Crippen molar-refractivity contribution in [1.82, 2.24) is 9.97 Å². The Kier molecular flexibility index (Phi) is 2.89. The minimum atomic E-state index is -0.446. The van der Waals surface area contributed by atoms with Gasteiger partial charge in [-0.3, -0.25) is 4.79 Å². The zero-order valence-electron chi connectivity index (χ0n) is 12.5. The molecule has 3 heterocycles. The van der Waals surface area contributed by atoms with E-state index in [1.807, 2.05) is 37.3 Å². The van der Waals surface area contributed by atoms with Crippen LogP contribution in [0.5, 0.6) is 5.75 Å². The van der Waals surface area contributed by atoms with Crippen LogP contribution in [-0.4, -0.2) is 34.4 Å². The third kappa shape index (κ3) is 2.13. The maximum atomic E-state index is 12.4. The van der Waals surface area contributed by atoms with E-state index < -0.39 is 5.60 Å². The van der Waals surface area contributed by atoms with Crippen LogP contribution in [0, 0.1) is 6.92 Å². The Morgan fingerprint density at radius 3 is 3.00 bits per heavy atom. The lowest BCUT2D eigenvalue weighted by molar-refractivity contribution is 0.0538. The quantitative estimate of drug-likeness (QED) is 0.808. The number of anilines is 1. The van der Waals surface area contributed by atoms with Crippen molar-refractivity contribution in [3.8, 4) is 5.75 Å². The Balaban J connectivity index is 1.61. The fraction of sp³-hybridized carbons (Fsp3) is 0.353. The van der Waals surface area contributed by atoms with Crippen molar-refractivity contribution in [2.24, 2.45) is 0 Å². The van der Waals surface area contributed by atoms with E-state index in [4.69, 9.17) is 4.74 Å². The van der Waals surface area contributed by atoms with Gasteiger partial charge < -0.3 is 9.64 Å². The first-order valence-corrected chi connectivity index (χ1v) is 7.51. The number of carbonyl (C=O) groups is 1. The average Bonchev–Trinajstić information content (AvgIpc) is 2.91. The van der Waals surface area contributed by atoms with Crippen molar-refractivity contribution in [2.45, 2.75) is 25.4 Å². The van der Waals surface area contributed by atoms with Gasteiger partial charge in [-0.1, -0.05) is 12.1 Å². The van der Waals surface area contributed by atoms with E-state index in [0.717, 1.165) is 18.7 Å². The summed E-state index contributed by atoms with van der Waals surface area (Å²) in [6.45, 7) is 3.41. The van der Waals surface area contributed by atoms with Crippen LogP contribution in [0.3, 0.4) is 0 Å². The summed E-state index contributed by atoms with van der Waals surface area (Å²) in [5, 5.41) is 0. The molecule has 5 nitrogen and oxygen atoms in total. The summed E-state index contributed by atoms with van der Waals surface area (Å²) in [5.41, 5.74) is 1.19. The van der Waals surface area contributed by atoms with Crippen molar-refractivity contribution in [3.05, 3.63) is 47.8 Å². The number of carbonyl (C=O) groups excluding carboxylic acids is 1. The van der Waals surface area contributed by atoms with E-state index in [1.54, 1.807) is 6.20 Å². The molecule has 1 saturated heterocycles. The maximum Gasteiger partial charge on any atom is 0.225 e. The number of fused-ring (bicyclic) bond motifs is 1. The number of hydrogen-bond donors (Lipinski definition) is 0. The Morgan fingerprint density at radius 1 is 1.27 bits per heavy atom. The number of rotatable bonds is 1. The Hall–Kier alpha value is -2.43. The van der Waals surface area contributed by atoms with E-state index in [-0.39, 0.29) is 5.78 Å². The summed E-state index contributed by atoms with van der Waals surface area (Å²) in [7, 11) is 0. The number of para-hydroxylation sites is 1. The third-order valence-corrected chi connectivity index (χ3v) is 4.38. The summed E-state index contributed by atoms with van der Waals surface area (Å²) in [6, 6.07) is 9.37. The summed E-state index contributed by atoms with van der Waals surface area (Å²) >= 11 is 0. The molecular formula is C17H17N3O2. The lowest BCUT2D eigenvalue weighted by Gasteiger charge is -2.34. The van der Waals surface area contributed by atoms with Crippen LogP contribution in [0.2, 0.25) is 0 Å². The van der Waals surface area contributed by atoms with Gasteiger partial charge in [0.1, 0.15) is 11.4 Å². The van der Waals surface area contributed by atoms with Crippen LogP contribution >= 0.6 is 0 Å². The third-order valence-electron chi connectivity index (χ3n) is 4.38. The van der Waals surface area contributed by atoms with Gasteiger partial charge in [-0.2, -0.15) is 0 Å². The van der Waals surface area contributed by atoms with Gasteiger partial charge in [0.15, 0.2) is 5.78 Å². The molecule has 0 aliphatic carbocycles. The molecule has 1 aromatic heterocycles. The van der Waals surface area contributed by atoms with Crippen molar-refractivity contribution >= 4 is 11.7 Å². The number of nitrogens with zero attached hydrogens (tertiary/aromatic N) is 3. The highest BCUT2D eigenvalue weighted by atomic mass is 16.5. The molecule has 5 heteroatoms. The number of ether oxygens (including phenoxy) is 1. The van der Waals surface area contributed by atoms with Gasteiger partial charge in [0.25, 0.3) is 0 Å². The molecule has 2 aromatic rings. The predicted octanol–water partition coefficient (Wildman–Crippen LogP) is 2.40. The fourth-order valence-electron chi connectivity index (χ4n) is 3.27. The molecular weight excluding hydrogens is 278 g/mol. The van der Waals surface area contributed by atoms with Crippen molar-refractivity contribution in [3.63, 3.8) is 0 Å². The minimum Gasteiger partial charge on any atom is -0.484 e. The number of aromatic nitrogens is 2. The van der Waals surface area contributed by atoms with Crippen LogP contribution in [0.15, 0.2) is 36.5 Å². The molecule has 0 amide bonds. The van der Waals surface area contributed by atoms with Crippen molar-refractivity contribution in [1.29, 1.82) is 0 Å². The van der Waals surface area contributed by atoms with Crippen LogP contribution in [-0.2, 0) is 0 Å². The molecule has 4 rings (SSSR count). The highest BCUT2D eigenvalue weighted by Gasteiger charge is 2.46. The van der Waals surface area contributed by atoms with Gasteiger partial charge in [0, 0.05) is 24.9 Å². The maximum absolute atomic E-state index is 12.4. The van der Waals surface area contributed by atoms with Gasteiger partial charge in [-0.25, -0.2) is 9.97 Å². The molecule has 112 valence electrons. The van der Waals surface area contributed by atoms with Crippen molar-refractivity contribution < 1.29 is 9.53 Å². The van der Waals surface area contributed by atoms with Crippen LogP contribution in [0.4, 0.5) is 5.95 Å². The second kappa shape index (κ2) is 4.80. The Labute approximate surface area is 129 Å². The highest BCUT2D eigenvalue weighted by molar-refractivity contribution is 6.00. The van der Waals surface area contributed by atoms with E-state index >= 15 is 0 Å². The molecule has 0 saturated carbocycles. The van der Waals surface area contributed by atoms with Gasteiger partial charge in [-0.15, -0.1) is 0 Å². The molecule has 0 N–H and O–H groups in total. The van der Waals surface area contributed by atoms with Crippen LogP contribution < -0.4 is 9.64 Å².